The Kier molecular flexibility index (Phi) is 7.69. The fourth-order valence-corrected chi connectivity index (χ4v) is 6.44. The van der Waals surface area contributed by atoms with Crippen LogP contribution in [0, 0.1) is 11.8 Å². The minimum absolute atomic E-state index is 0. The van der Waals surface area contributed by atoms with Crippen molar-refractivity contribution in [1.29, 1.82) is 0 Å². The molecule has 7 N–H and O–H groups in total. The number of Topliss-reactive ketones (excluding diaryl/α,β-unsaturated/α-hetero) is 2. The van der Waals surface area contributed by atoms with E-state index in [2.05, 4.69) is 5.32 Å². The summed E-state index contributed by atoms with van der Waals surface area (Å²) < 4.78 is 6.09. The number of phenols is 1. The lowest BCUT2D eigenvalue weighted by Gasteiger charge is -2.50. The molecular formula is C31H39N3O8. The van der Waals surface area contributed by atoms with Crippen molar-refractivity contribution in [1.82, 2.24) is 10.2 Å². The lowest BCUT2D eigenvalue weighted by atomic mass is 9.57. The normalized spacial score (nSPS) is 25.6. The Balaban J connectivity index is 0.00000405. The van der Waals surface area contributed by atoms with Gasteiger partial charge in [-0.15, -0.1) is 0 Å². The summed E-state index contributed by atoms with van der Waals surface area (Å²) in [6, 6.07) is 5.55. The highest BCUT2D eigenvalue weighted by Crippen LogP contribution is 2.53. The zero-order valence-electron chi connectivity index (χ0n) is 23.6. The molecule has 42 heavy (non-hydrogen) atoms. The lowest BCUT2D eigenvalue weighted by molar-refractivity contribution is -0.153. The molecule has 4 atom stereocenters. The molecule has 226 valence electrons. The van der Waals surface area contributed by atoms with Crippen LogP contribution in [0.15, 0.2) is 45.6 Å². The molecule has 5 rings (SSSR count). The van der Waals surface area contributed by atoms with Crippen LogP contribution in [0.1, 0.15) is 51.5 Å². The van der Waals surface area contributed by atoms with E-state index in [-0.39, 0.29) is 42.7 Å². The second kappa shape index (κ2) is 10.4. The molecule has 2 aromatic rings. The lowest BCUT2D eigenvalue weighted by Crippen LogP contribution is -2.65. The van der Waals surface area contributed by atoms with Gasteiger partial charge in [0.1, 0.15) is 34.4 Å². The number of hydrogen-bond donors (Lipinski definition) is 6. The van der Waals surface area contributed by atoms with E-state index in [1.165, 1.54) is 11.0 Å². The number of furan rings is 1. The second-order valence-corrected chi connectivity index (χ2v) is 12.3. The Labute approximate surface area is 244 Å². The van der Waals surface area contributed by atoms with E-state index in [0.717, 1.165) is 0 Å². The largest absolute Gasteiger partial charge is 0.508 e. The number of fused-ring (bicyclic) bond motifs is 3. The number of nitrogens with one attached hydrogen (secondary N) is 1. The molecule has 0 spiro atoms. The van der Waals surface area contributed by atoms with Crippen molar-refractivity contribution in [2.24, 2.45) is 17.6 Å². The highest BCUT2D eigenvalue weighted by molar-refractivity contribution is 6.24. The summed E-state index contributed by atoms with van der Waals surface area (Å²) in [5, 5.41) is 48.3. The van der Waals surface area contributed by atoms with Crippen LogP contribution in [0.4, 0.5) is 0 Å². The Morgan fingerprint density at radius 3 is 2.40 bits per heavy atom. The van der Waals surface area contributed by atoms with Crippen LogP contribution in [0.5, 0.6) is 5.75 Å². The molecule has 0 unspecified atom stereocenters. The molecule has 0 bridgehead atoms. The van der Waals surface area contributed by atoms with Crippen LogP contribution in [-0.4, -0.2) is 74.1 Å². The molecule has 1 aromatic carbocycles. The van der Waals surface area contributed by atoms with Crippen molar-refractivity contribution in [3.8, 4) is 17.1 Å². The van der Waals surface area contributed by atoms with Gasteiger partial charge in [0.25, 0.3) is 5.91 Å². The summed E-state index contributed by atoms with van der Waals surface area (Å²) in [6.45, 7) is 6.60. The standard InChI is InChI=1S/C30H35N3O8.CH4/c1-29(2,3)32-12-14-6-9-19(41-14)15-7-8-18(34)21-16(15)10-13-11-17-23(33(4)5)25(36)22(28(31)39)27(38)30(17,40)26(37)20(13)24(21)35;/h6-9,13,17,23,32,34-35,38,40H,10-12H2,1-5H3,(H2,31,39);1H4/t13-,17-,23-,30-;/m0./s1. The summed E-state index contributed by atoms with van der Waals surface area (Å²) in [6.07, 6.45) is 0.189. The highest BCUT2D eigenvalue weighted by Gasteiger charge is 2.64. The van der Waals surface area contributed by atoms with E-state index >= 15 is 0 Å². The number of benzene rings is 1. The van der Waals surface area contributed by atoms with Gasteiger partial charge in [0.15, 0.2) is 11.4 Å². The number of phenolic OH excluding ortho intramolecular Hbond substituents is 1. The van der Waals surface area contributed by atoms with Gasteiger partial charge in [-0.1, -0.05) is 7.43 Å². The number of aliphatic hydroxyl groups is 3. The van der Waals surface area contributed by atoms with Crippen molar-refractivity contribution in [2.45, 2.75) is 64.8 Å². The molecule has 0 aliphatic heterocycles. The minimum Gasteiger partial charge on any atom is -0.508 e. The summed E-state index contributed by atoms with van der Waals surface area (Å²) in [7, 11) is 3.12. The molecule has 11 heteroatoms. The number of ketones is 2. The molecule has 3 aliphatic rings. The van der Waals surface area contributed by atoms with Crippen LogP contribution in [-0.2, 0) is 27.3 Å². The van der Waals surface area contributed by atoms with E-state index in [9.17, 15) is 34.8 Å². The van der Waals surface area contributed by atoms with Crippen molar-refractivity contribution in [3.05, 3.63) is 58.1 Å². The predicted octanol–water partition coefficient (Wildman–Crippen LogP) is 2.75. The van der Waals surface area contributed by atoms with Crippen molar-refractivity contribution in [2.75, 3.05) is 14.1 Å². The predicted molar refractivity (Wildman–Crippen MR) is 155 cm³/mol. The minimum atomic E-state index is -2.67. The molecule has 1 amide bonds. The van der Waals surface area contributed by atoms with Gasteiger partial charge in [-0.05, 0) is 83.5 Å². The van der Waals surface area contributed by atoms with E-state index in [1.54, 1.807) is 26.2 Å². The Hall–Kier alpha value is -3.93. The van der Waals surface area contributed by atoms with E-state index in [1.807, 2.05) is 26.8 Å². The number of aromatic hydroxyl groups is 1. The zero-order chi connectivity index (χ0) is 30.2. The summed E-state index contributed by atoms with van der Waals surface area (Å²) in [5.41, 5.74) is 2.70. The fourth-order valence-electron chi connectivity index (χ4n) is 6.44. The maximum atomic E-state index is 14.0. The number of hydrogen-bond acceptors (Lipinski definition) is 10. The number of amides is 1. The Bertz CT molecular complexity index is 1540. The number of likely N-dealkylation sites (N-methyl/N-ethyl adjacent to an activating group) is 1. The molecule has 11 nitrogen and oxygen atoms in total. The van der Waals surface area contributed by atoms with Gasteiger partial charge in [0.05, 0.1) is 18.2 Å². The quantitative estimate of drug-likeness (QED) is 0.287. The van der Waals surface area contributed by atoms with Crippen LogP contribution < -0.4 is 11.1 Å². The molecule has 0 saturated heterocycles. The van der Waals surface area contributed by atoms with Gasteiger partial charge in [-0.3, -0.25) is 19.3 Å². The van der Waals surface area contributed by atoms with Crippen molar-refractivity contribution in [3.63, 3.8) is 0 Å². The fraction of sp³-hybridized carbons (Fsp3) is 0.452. The number of aliphatic hydroxyl groups excluding tert-OH is 2. The Morgan fingerprint density at radius 2 is 1.81 bits per heavy atom. The third-order valence-corrected chi connectivity index (χ3v) is 8.32. The van der Waals surface area contributed by atoms with Crippen LogP contribution >= 0.6 is 0 Å². The van der Waals surface area contributed by atoms with Gasteiger partial charge >= 0.3 is 0 Å². The first-order valence-electron chi connectivity index (χ1n) is 13.4. The number of rotatable bonds is 5. The molecular weight excluding hydrogens is 542 g/mol. The number of carbonyl (C=O) groups excluding carboxylic acids is 3. The SMILES string of the molecule is C.CN(C)[C@@H]1C(=O)C(C(N)=O)=C(O)[C@@]2(O)C(=O)C3=C(O)c4c(O)ccc(-c5ccc(CNC(C)(C)C)o5)c4C[C@H]3C[C@@H]12. The number of nitrogens with two attached hydrogens (primary N) is 1. The van der Waals surface area contributed by atoms with Gasteiger partial charge in [-0.25, -0.2) is 0 Å². The first-order chi connectivity index (χ1) is 19.1. The molecule has 1 fully saturated rings. The second-order valence-electron chi connectivity index (χ2n) is 12.3. The molecule has 0 radical (unpaired) electrons. The Morgan fingerprint density at radius 1 is 1.14 bits per heavy atom. The maximum Gasteiger partial charge on any atom is 0.255 e. The number of primary amides is 1. The van der Waals surface area contributed by atoms with Crippen molar-refractivity contribution >= 4 is 23.2 Å². The first kappa shape index (κ1) is 31.0. The van der Waals surface area contributed by atoms with Gasteiger partial charge < -0.3 is 35.9 Å². The highest BCUT2D eigenvalue weighted by atomic mass is 16.4. The topological polar surface area (TPSA) is 187 Å². The monoisotopic (exact) mass is 581 g/mol. The summed E-state index contributed by atoms with van der Waals surface area (Å²) in [5.74, 6) is -5.65. The average molecular weight is 582 g/mol. The van der Waals surface area contributed by atoms with E-state index in [0.29, 0.717) is 29.2 Å². The molecule has 1 saturated carbocycles. The third-order valence-electron chi connectivity index (χ3n) is 8.32. The zero-order valence-corrected chi connectivity index (χ0v) is 23.6. The smallest absolute Gasteiger partial charge is 0.255 e. The van der Waals surface area contributed by atoms with Gasteiger partial charge in [0, 0.05) is 22.6 Å². The molecule has 1 heterocycles. The average Bonchev–Trinajstić information content (AvgIpc) is 3.33. The summed E-state index contributed by atoms with van der Waals surface area (Å²) in [4.78, 5) is 40.8. The van der Waals surface area contributed by atoms with Gasteiger partial charge in [0.2, 0.25) is 5.78 Å². The van der Waals surface area contributed by atoms with E-state index < -0.39 is 58.0 Å². The summed E-state index contributed by atoms with van der Waals surface area (Å²) >= 11 is 0. The molecule has 1 aromatic heterocycles. The van der Waals surface area contributed by atoms with Gasteiger partial charge in [-0.2, -0.15) is 0 Å². The maximum absolute atomic E-state index is 14.0. The van der Waals surface area contributed by atoms with Crippen LogP contribution in [0.2, 0.25) is 0 Å². The van der Waals surface area contributed by atoms with E-state index in [4.69, 9.17) is 10.2 Å². The number of nitrogens with zero attached hydrogens (tertiary/aromatic N) is 1. The molecule has 3 aliphatic carbocycles. The van der Waals surface area contributed by atoms with Crippen molar-refractivity contribution < 1.29 is 39.2 Å². The first-order valence-corrected chi connectivity index (χ1v) is 13.4. The van der Waals surface area contributed by atoms with Crippen LogP contribution in [0.3, 0.4) is 0 Å². The number of carbonyl (C=O) groups is 3. The third kappa shape index (κ3) is 4.61. The van der Waals surface area contributed by atoms with Crippen LogP contribution in [0.25, 0.3) is 17.1 Å².